The summed E-state index contributed by atoms with van der Waals surface area (Å²) in [6, 6.07) is 7.12. The normalized spacial score (nSPS) is 11.9. The number of carbonyl (C=O) groups is 1. The molecule has 2 aromatic rings. The van der Waals surface area contributed by atoms with E-state index in [0.717, 1.165) is 5.56 Å². The van der Waals surface area contributed by atoms with Crippen LogP contribution in [0.3, 0.4) is 0 Å². The topological polar surface area (TPSA) is 79.5 Å². The number of benzene rings is 1. The quantitative estimate of drug-likeness (QED) is 0.914. The molecule has 0 bridgehead atoms. The summed E-state index contributed by atoms with van der Waals surface area (Å²) in [4.78, 5) is 17.1. The van der Waals surface area contributed by atoms with Gasteiger partial charge in [0, 0.05) is 10.6 Å². The summed E-state index contributed by atoms with van der Waals surface area (Å²) in [7, 11) is 1.69. The maximum atomic E-state index is 11.2. The van der Waals surface area contributed by atoms with Gasteiger partial charge in [0.1, 0.15) is 5.54 Å². The number of hydrogen-bond acceptors (Lipinski definition) is 5. The molecule has 0 saturated carbocycles. The summed E-state index contributed by atoms with van der Waals surface area (Å²) in [5, 5.41) is 13.7. The minimum Gasteiger partial charge on any atom is -0.480 e. The lowest BCUT2D eigenvalue weighted by Crippen LogP contribution is -2.47. The van der Waals surface area contributed by atoms with Gasteiger partial charge in [-0.15, -0.1) is 0 Å². The standard InChI is InChI=1S/C14H16ClN3O3/c1-14(2,13(19)20)18(3)8-11-16-12(17-21-11)9-5-4-6-10(15)7-9/h4-7H,8H2,1-3H3,(H,19,20). The second kappa shape index (κ2) is 5.83. The Hall–Kier alpha value is -1.92. The fourth-order valence-electron chi connectivity index (χ4n) is 1.63. The molecule has 0 fully saturated rings. The van der Waals surface area contributed by atoms with Crippen molar-refractivity contribution in [2.24, 2.45) is 0 Å². The Kier molecular flexibility index (Phi) is 4.29. The van der Waals surface area contributed by atoms with E-state index in [1.807, 2.05) is 6.07 Å². The molecule has 1 heterocycles. The van der Waals surface area contributed by atoms with Crippen LogP contribution in [-0.2, 0) is 11.3 Å². The predicted octanol–water partition coefficient (Wildman–Crippen LogP) is 2.68. The van der Waals surface area contributed by atoms with Gasteiger partial charge in [-0.25, -0.2) is 0 Å². The lowest BCUT2D eigenvalue weighted by molar-refractivity contribution is -0.149. The first-order valence-corrected chi connectivity index (χ1v) is 6.71. The van der Waals surface area contributed by atoms with E-state index in [2.05, 4.69) is 10.1 Å². The van der Waals surface area contributed by atoms with Crippen molar-refractivity contribution in [1.29, 1.82) is 0 Å². The number of aromatic nitrogens is 2. The van der Waals surface area contributed by atoms with Crippen molar-refractivity contribution in [3.63, 3.8) is 0 Å². The zero-order valence-corrected chi connectivity index (χ0v) is 12.8. The van der Waals surface area contributed by atoms with Crippen molar-refractivity contribution in [3.05, 3.63) is 35.2 Å². The van der Waals surface area contributed by atoms with Gasteiger partial charge in [0.05, 0.1) is 6.54 Å². The first kappa shape index (κ1) is 15.5. The fraction of sp³-hybridized carbons (Fsp3) is 0.357. The molecule has 0 amide bonds. The molecule has 0 unspecified atom stereocenters. The van der Waals surface area contributed by atoms with Gasteiger partial charge in [0.15, 0.2) is 0 Å². The summed E-state index contributed by atoms with van der Waals surface area (Å²) >= 11 is 5.92. The van der Waals surface area contributed by atoms with E-state index in [1.165, 1.54) is 0 Å². The number of rotatable bonds is 5. The van der Waals surface area contributed by atoms with Crippen LogP contribution in [0.25, 0.3) is 11.4 Å². The molecule has 0 aliphatic carbocycles. The first-order chi connectivity index (χ1) is 9.80. The molecule has 0 spiro atoms. The molecule has 0 aliphatic rings. The highest BCUT2D eigenvalue weighted by molar-refractivity contribution is 6.30. The van der Waals surface area contributed by atoms with E-state index in [-0.39, 0.29) is 6.54 Å². The number of aliphatic carboxylic acids is 1. The Labute approximate surface area is 127 Å². The molecule has 0 atom stereocenters. The van der Waals surface area contributed by atoms with Crippen molar-refractivity contribution in [2.45, 2.75) is 25.9 Å². The molecule has 112 valence electrons. The summed E-state index contributed by atoms with van der Waals surface area (Å²) in [6.45, 7) is 3.47. The Morgan fingerprint density at radius 2 is 2.19 bits per heavy atom. The minimum absolute atomic E-state index is 0.243. The highest BCUT2D eigenvalue weighted by Crippen LogP contribution is 2.21. The summed E-state index contributed by atoms with van der Waals surface area (Å²) < 4.78 is 5.17. The molecule has 21 heavy (non-hydrogen) atoms. The van der Waals surface area contributed by atoms with Crippen molar-refractivity contribution in [2.75, 3.05) is 7.05 Å². The van der Waals surface area contributed by atoms with Crippen molar-refractivity contribution in [3.8, 4) is 11.4 Å². The second-order valence-corrected chi connectivity index (χ2v) is 5.68. The zero-order chi connectivity index (χ0) is 15.6. The zero-order valence-electron chi connectivity index (χ0n) is 12.0. The lowest BCUT2D eigenvalue weighted by Gasteiger charge is -2.29. The number of likely N-dealkylation sites (N-methyl/N-ethyl adjacent to an activating group) is 1. The Morgan fingerprint density at radius 1 is 1.48 bits per heavy atom. The van der Waals surface area contributed by atoms with Gasteiger partial charge in [-0.3, -0.25) is 9.69 Å². The number of carboxylic acid groups (broad SMARTS) is 1. The van der Waals surface area contributed by atoms with E-state index in [0.29, 0.717) is 16.7 Å². The molecular formula is C14H16ClN3O3. The third-order valence-electron chi connectivity index (χ3n) is 3.40. The van der Waals surface area contributed by atoms with Crippen LogP contribution < -0.4 is 0 Å². The molecule has 1 aromatic carbocycles. The van der Waals surface area contributed by atoms with Crippen LogP contribution in [0.4, 0.5) is 0 Å². The lowest BCUT2D eigenvalue weighted by atomic mass is 10.0. The maximum absolute atomic E-state index is 11.2. The molecular weight excluding hydrogens is 294 g/mol. The Balaban J connectivity index is 2.16. The largest absolute Gasteiger partial charge is 0.480 e. The van der Waals surface area contributed by atoms with Gasteiger partial charge in [0.2, 0.25) is 11.7 Å². The summed E-state index contributed by atoms with van der Waals surface area (Å²) in [5.41, 5.74) is -0.275. The molecule has 1 N–H and O–H groups in total. The third kappa shape index (κ3) is 3.40. The van der Waals surface area contributed by atoms with Crippen LogP contribution in [0.5, 0.6) is 0 Å². The predicted molar refractivity (Wildman–Crippen MR) is 77.9 cm³/mol. The van der Waals surface area contributed by atoms with Gasteiger partial charge in [-0.1, -0.05) is 28.9 Å². The van der Waals surface area contributed by atoms with Gasteiger partial charge < -0.3 is 9.63 Å². The highest BCUT2D eigenvalue weighted by atomic mass is 35.5. The number of nitrogens with zero attached hydrogens (tertiary/aromatic N) is 3. The number of hydrogen-bond donors (Lipinski definition) is 1. The molecule has 7 heteroatoms. The fourth-order valence-corrected chi connectivity index (χ4v) is 1.82. The van der Waals surface area contributed by atoms with Crippen LogP contribution in [0.2, 0.25) is 5.02 Å². The minimum atomic E-state index is -1.02. The van der Waals surface area contributed by atoms with Crippen LogP contribution in [0.1, 0.15) is 19.7 Å². The average molecular weight is 310 g/mol. The van der Waals surface area contributed by atoms with E-state index in [4.69, 9.17) is 16.1 Å². The smallest absolute Gasteiger partial charge is 0.323 e. The van der Waals surface area contributed by atoms with Crippen LogP contribution >= 0.6 is 11.6 Å². The Morgan fingerprint density at radius 3 is 2.81 bits per heavy atom. The molecule has 0 radical (unpaired) electrons. The van der Waals surface area contributed by atoms with Gasteiger partial charge >= 0.3 is 5.97 Å². The van der Waals surface area contributed by atoms with Crippen molar-refractivity contribution < 1.29 is 14.4 Å². The van der Waals surface area contributed by atoms with Gasteiger partial charge in [-0.2, -0.15) is 4.98 Å². The highest BCUT2D eigenvalue weighted by Gasteiger charge is 2.32. The molecule has 6 nitrogen and oxygen atoms in total. The van der Waals surface area contributed by atoms with Gasteiger partial charge in [0.25, 0.3) is 0 Å². The van der Waals surface area contributed by atoms with Crippen LogP contribution in [0.15, 0.2) is 28.8 Å². The summed E-state index contributed by atoms with van der Waals surface area (Å²) in [5.74, 6) is -0.143. The summed E-state index contributed by atoms with van der Waals surface area (Å²) in [6.07, 6.45) is 0. The SMILES string of the molecule is CN(Cc1nc(-c2cccc(Cl)c2)no1)C(C)(C)C(=O)O. The molecule has 2 rings (SSSR count). The van der Waals surface area contributed by atoms with Gasteiger partial charge in [-0.05, 0) is 33.0 Å². The number of halogens is 1. The Bertz CT molecular complexity index is 654. The van der Waals surface area contributed by atoms with E-state index < -0.39 is 11.5 Å². The monoisotopic (exact) mass is 309 g/mol. The maximum Gasteiger partial charge on any atom is 0.323 e. The molecule has 0 saturated heterocycles. The van der Waals surface area contributed by atoms with Crippen molar-refractivity contribution >= 4 is 17.6 Å². The number of carboxylic acids is 1. The van der Waals surface area contributed by atoms with Crippen molar-refractivity contribution in [1.82, 2.24) is 15.0 Å². The van der Waals surface area contributed by atoms with Crippen LogP contribution in [0, 0.1) is 0 Å². The van der Waals surface area contributed by atoms with E-state index >= 15 is 0 Å². The molecule has 1 aromatic heterocycles. The third-order valence-corrected chi connectivity index (χ3v) is 3.64. The molecule has 0 aliphatic heterocycles. The van der Waals surface area contributed by atoms with E-state index in [9.17, 15) is 9.90 Å². The van der Waals surface area contributed by atoms with E-state index in [1.54, 1.807) is 44.0 Å². The second-order valence-electron chi connectivity index (χ2n) is 5.24. The first-order valence-electron chi connectivity index (χ1n) is 6.34. The van der Waals surface area contributed by atoms with Crippen LogP contribution in [-0.4, -0.2) is 38.7 Å². The average Bonchev–Trinajstić information content (AvgIpc) is 2.87.